The largest absolute Gasteiger partial charge is 0.457 e. The molecule has 0 amide bonds. The molecule has 0 fully saturated rings. The second-order valence-corrected chi connectivity index (χ2v) is 25.1. The van der Waals surface area contributed by atoms with Crippen LogP contribution < -0.4 is 19.3 Å². The van der Waals surface area contributed by atoms with Crippen LogP contribution in [0, 0.1) is 46.5 Å². The highest BCUT2D eigenvalue weighted by Gasteiger charge is 2.51. The van der Waals surface area contributed by atoms with Crippen LogP contribution in [0.25, 0.3) is 45.5 Å². The number of nitrogens with zero attached hydrogens (tertiary/aromatic N) is 2. The maximum absolute atomic E-state index is 17.1. The summed E-state index contributed by atoms with van der Waals surface area (Å²) in [7, 11) is 0. The van der Waals surface area contributed by atoms with E-state index < -0.39 is 57.4 Å². The second kappa shape index (κ2) is 25.8. The van der Waals surface area contributed by atoms with Crippen molar-refractivity contribution in [2.24, 2.45) is 0 Å². The molecule has 4 nitrogen and oxygen atoms in total. The van der Waals surface area contributed by atoms with Gasteiger partial charge in [0, 0.05) is 57.4 Å². The Balaban J connectivity index is 0.781. The molecule has 0 radical (unpaired) electrons. The first-order valence-corrected chi connectivity index (χ1v) is 32.8. The molecule has 0 saturated carbocycles. The van der Waals surface area contributed by atoms with Gasteiger partial charge in [-0.25, -0.2) is 35.1 Å². The first-order chi connectivity index (χ1) is 49.7. The van der Waals surface area contributed by atoms with E-state index in [4.69, 9.17) is 9.47 Å². The molecule has 0 aliphatic heterocycles. The van der Waals surface area contributed by atoms with E-state index in [1.54, 1.807) is 84.9 Å². The van der Waals surface area contributed by atoms with Crippen molar-refractivity contribution in [2.45, 2.75) is 10.8 Å². The van der Waals surface area contributed by atoms with Crippen molar-refractivity contribution < 1.29 is 44.6 Å². The van der Waals surface area contributed by atoms with Gasteiger partial charge in [0.1, 0.15) is 46.3 Å². The van der Waals surface area contributed by atoms with Crippen LogP contribution in [-0.2, 0) is 10.8 Å². The van der Waals surface area contributed by atoms with Gasteiger partial charge in [0.05, 0.1) is 10.8 Å². The summed E-state index contributed by atoms with van der Waals surface area (Å²) < 4.78 is 140. The van der Waals surface area contributed by atoms with Gasteiger partial charge in [0.15, 0.2) is 23.3 Å². The van der Waals surface area contributed by atoms with Gasteiger partial charge in [0.25, 0.3) is 0 Å². The molecular weight excluding hydrogens is 1290 g/mol. The van der Waals surface area contributed by atoms with Crippen LogP contribution >= 0.6 is 0 Å². The topological polar surface area (TPSA) is 24.9 Å². The Morgan fingerprint density at radius 1 is 0.265 bits per heavy atom. The van der Waals surface area contributed by atoms with Crippen molar-refractivity contribution in [1.82, 2.24) is 0 Å². The fourth-order valence-electron chi connectivity index (χ4n) is 14.8. The summed E-state index contributed by atoms with van der Waals surface area (Å²) in [5.41, 5.74) is 9.28. The number of ether oxygens (including phenoxy) is 2. The summed E-state index contributed by atoms with van der Waals surface area (Å²) in [5, 5.41) is 0. The zero-order valence-electron chi connectivity index (χ0n) is 54.2. The molecule has 102 heavy (non-hydrogen) atoms. The zero-order chi connectivity index (χ0) is 70.0. The Hall–Kier alpha value is -12.8. The molecule has 2 aliphatic carbocycles. The summed E-state index contributed by atoms with van der Waals surface area (Å²) >= 11 is 0. The summed E-state index contributed by atoms with van der Waals surface area (Å²) in [5.74, 6) is -5.95. The lowest BCUT2D eigenvalue weighted by Gasteiger charge is -2.35. The highest BCUT2D eigenvalue weighted by atomic mass is 19.2. The number of halogens is 8. The van der Waals surface area contributed by atoms with Crippen LogP contribution in [0.5, 0.6) is 23.0 Å². The third-order valence-electron chi connectivity index (χ3n) is 19.4. The molecular formula is C90H56F8N2O2. The molecule has 2 unspecified atom stereocenters. The molecule has 0 saturated heterocycles. The van der Waals surface area contributed by atoms with Gasteiger partial charge in [-0.05, 0) is 236 Å². The number of anilines is 6. The van der Waals surface area contributed by atoms with E-state index >= 15 is 26.3 Å². The van der Waals surface area contributed by atoms with Gasteiger partial charge in [0.2, 0.25) is 0 Å². The van der Waals surface area contributed by atoms with Gasteiger partial charge in [-0.2, -0.15) is 0 Å². The van der Waals surface area contributed by atoms with E-state index in [0.29, 0.717) is 114 Å². The van der Waals surface area contributed by atoms with Crippen LogP contribution in [0.4, 0.5) is 69.2 Å². The summed E-state index contributed by atoms with van der Waals surface area (Å²) in [6.45, 7) is 7.67. The van der Waals surface area contributed by atoms with Gasteiger partial charge < -0.3 is 19.3 Å². The number of hydrogen-bond acceptors (Lipinski definition) is 4. The Morgan fingerprint density at radius 3 is 0.912 bits per heavy atom. The highest BCUT2D eigenvalue weighted by Crippen LogP contribution is 2.60. The third kappa shape index (κ3) is 11.0. The number of benzene rings is 14. The standard InChI is InChI=1S/C90H56F8N2O2/c1-3-55-13-39-71(40-14-55)101-73-43-21-59(22-44-73)89(83-49-63(93)51-85(95)87(83)97)79-11-7-5-9-75(79)77-47-37-69(53-81(77)89)99(67-33-25-61(91)26-34-67)65-29-17-57(18-30-65)58-19-31-66(32-20-58)100(68-35-27-62(92)28-36-68)70-38-48-78-76-10-6-8-12-80(76)90(82(78)54-70,84-50-64(94)52-86(96)88(84)98)60-23-45-74(46-24-60)102-72-41-15-56(4-2)16-42-72/h3-54H,1-2H2. The van der Waals surface area contributed by atoms with Crippen molar-refractivity contribution >= 4 is 46.3 Å². The molecule has 2 aliphatic rings. The summed E-state index contributed by atoms with van der Waals surface area (Å²) in [4.78, 5) is 3.85. The lowest BCUT2D eigenvalue weighted by Crippen LogP contribution is -2.30. The van der Waals surface area contributed by atoms with E-state index in [0.717, 1.165) is 45.5 Å². The molecule has 14 aromatic rings. The number of fused-ring (bicyclic) bond motifs is 6. The summed E-state index contributed by atoms with van der Waals surface area (Å²) in [6, 6.07) is 85.7. The monoisotopic (exact) mass is 1350 g/mol. The first-order valence-electron chi connectivity index (χ1n) is 32.8. The van der Waals surface area contributed by atoms with Gasteiger partial charge in [-0.15, -0.1) is 0 Å². The van der Waals surface area contributed by atoms with Crippen molar-refractivity contribution in [3.8, 4) is 56.4 Å². The van der Waals surface area contributed by atoms with Crippen molar-refractivity contribution in [3.05, 3.63) is 419 Å². The maximum Gasteiger partial charge on any atom is 0.163 e. The third-order valence-corrected chi connectivity index (χ3v) is 19.4. The van der Waals surface area contributed by atoms with Crippen LogP contribution in [0.3, 0.4) is 0 Å². The van der Waals surface area contributed by atoms with E-state index in [9.17, 15) is 8.78 Å². The Labute approximate surface area is 583 Å². The van der Waals surface area contributed by atoms with E-state index in [1.165, 1.54) is 24.3 Å². The Kier molecular flexibility index (Phi) is 16.2. The minimum Gasteiger partial charge on any atom is -0.457 e. The van der Waals surface area contributed by atoms with Crippen molar-refractivity contribution in [1.29, 1.82) is 0 Å². The van der Waals surface area contributed by atoms with Gasteiger partial charge in [-0.1, -0.05) is 159 Å². The summed E-state index contributed by atoms with van der Waals surface area (Å²) in [6.07, 6.45) is 3.45. The fraction of sp³-hybridized carbons (Fsp3) is 0.0222. The van der Waals surface area contributed by atoms with Crippen LogP contribution in [0.1, 0.15) is 55.6 Å². The van der Waals surface area contributed by atoms with Crippen molar-refractivity contribution in [2.75, 3.05) is 9.80 Å². The molecule has 0 bridgehead atoms. The molecule has 494 valence electrons. The van der Waals surface area contributed by atoms with E-state index in [-0.39, 0.29) is 11.1 Å². The van der Waals surface area contributed by atoms with Crippen LogP contribution in [0.2, 0.25) is 0 Å². The minimum absolute atomic E-state index is 0.242. The number of hydrogen-bond donors (Lipinski definition) is 0. The van der Waals surface area contributed by atoms with Gasteiger partial charge >= 0.3 is 0 Å². The lowest BCUT2D eigenvalue weighted by molar-refractivity contribution is 0.473. The molecule has 0 heterocycles. The van der Waals surface area contributed by atoms with Crippen molar-refractivity contribution in [3.63, 3.8) is 0 Å². The Morgan fingerprint density at radius 2 is 0.569 bits per heavy atom. The molecule has 14 aromatic carbocycles. The first kappa shape index (κ1) is 63.9. The van der Waals surface area contributed by atoms with Gasteiger partial charge in [-0.3, -0.25) is 0 Å². The zero-order valence-corrected chi connectivity index (χ0v) is 54.2. The van der Waals surface area contributed by atoms with E-state index in [1.807, 2.05) is 192 Å². The predicted octanol–water partition coefficient (Wildman–Crippen LogP) is 25.0. The average molecular weight is 1350 g/mol. The number of rotatable bonds is 17. The highest BCUT2D eigenvalue weighted by molar-refractivity contribution is 5.92. The molecule has 0 N–H and O–H groups in total. The average Bonchev–Trinajstić information content (AvgIpc) is 1.53. The Bertz CT molecular complexity index is 5230. The van der Waals surface area contributed by atoms with Crippen LogP contribution in [0.15, 0.2) is 316 Å². The minimum atomic E-state index is -1.64. The SMILES string of the molecule is C=Cc1ccc(Oc2ccc(C3(c4cc(F)cc(F)c4F)c4ccccc4-c4ccc(N(c5ccc(F)cc5)c5ccc(-c6ccc(N(c7ccc(F)cc7)c7ccc8c(c7)C(c7ccc(Oc9ccc(C=C)cc9)cc7)(c7cc(F)cc(F)c7F)c7ccccc7-8)cc6)cc5)cc43)cc2)cc1. The quantitative estimate of drug-likeness (QED) is 0.0670. The second-order valence-electron chi connectivity index (χ2n) is 25.1. The maximum atomic E-state index is 17.1. The normalized spacial score (nSPS) is 14.6. The molecule has 16 rings (SSSR count). The lowest BCUT2D eigenvalue weighted by atomic mass is 9.67. The molecule has 0 aromatic heterocycles. The molecule has 12 heteroatoms. The molecule has 0 spiro atoms. The smallest absolute Gasteiger partial charge is 0.163 e. The fourth-order valence-corrected chi connectivity index (χ4v) is 14.8. The molecule has 2 atom stereocenters. The van der Waals surface area contributed by atoms with E-state index in [2.05, 4.69) is 13.2 Å². The predicted molar refractivity (Wildman–Crippen MR) is 389 cm³/mol. The van der Waals surface area contributed by atoms with Crippen LogP contribution in [-0.4, -0.2) is 0 Å².